The van der Waals surface area contributed by atoms with Gasteiger partial charge in [-0.3, -0.25) is 4.90 Å². The monoisotopic (exact) mass is 196 g/mol. The van der Waals surface area contributed by atoms with Crippen LogP contribution in [0.25, 0.3) is 0 Å². The summed E-state index contributed by atoms with van der Waals surface area (Å²) in [4.78, 5) is 5.24. The summed E-state index contributed by atoms with van der Waals surface area (Å²) in [7, 11) is 0. The molecule has 1 saturated heterocycles. The summed E-state index contributed by atoms with van der Waals surface area (Å²) < 4.78 is 0. The molecule has 0 bridgehead atoms. The molecule has 0 amide bonds. The van der Waals surface area contributed by atoms with Gasteiger partial charge in [-0.1, -0.05) is 12.8 Å². The summed E-state index contributed by atoms with van der Waals surface area (Å²) in [5, 5.41) is 0. The molecule has 0 unspecified atom stereocenters. The van der Waals surface area contributed by atoms with Crippen LogP contribution in [0.15, 0.2) is 0 Å². The Labute approximate surface area is 88.3 Å². The SMILES string of the molecule is CC(C)N1CCN(CCC2CC2)CC1. The zero-order chi connectivity index (χ0) is 9.97. The fourth-order valence-corrected chi connectivity index (χ4v) is 2.28. The van der Waals surface area contributed by atoms with E-state index >= 15 is 0 Å². The predicted octanol–water partition coefficient (Wildman–Crippen LogP) is 1.81. The van der Waals surface area contributed by atoms with Gasteiger partial charge in [0.05, 0.1) is 0 Å². The second-order valence-corrected chi connectivity index (χ2v) is 5.20. The number of nitrogens with zero attached hydrogens (tertiary/aromatic N) is 2. The Morgan fingerprint density at radius 3 is 2.21 bits per heavy atom. The van der Waals surface area contributed by atoms with Gasteiger partial charge in [-0.25, -0.2) is 0 Å². The van der Waals surface area contributed by atoms with Crippen molar-refractivity contribution in [1.82, 2.24) is 9.80 Å². The topological polar surface area (TPSA) is 6.48 Å². The molecule has 2 fully saturated rings. The smallest absolute Gasteiger partial charge is 0.0113 e. The molecule has 1 saturated carbocycles. The quantitative estimate of drug-likeness (QED) is 0.676. The predicted molar refractivity (Wildman–Crippen MR) is 60.5 cm³/mol. The first-order chi connectivity index (χ1) is 6.75. The maximum absolute atomic E-state index is 2.65. The van der Waals surface area contributed by atoms with Crippen LogP contribution in [0.4, 0.5) is 0 Å². The molecular weight excluding hydrogens is 172 g/mol. The fourth-order valence-electron chi connectivity index (χ4n) is 2.28. The third-order valence-corrected chi connectivity index (χ3v) is 3.69. The Morgan fingerprint density at radius 2 is 1.71 bits per heavy atom. The van der Waals surface area contributed by atoms with Crippen molar-refractivity contribution in [3.05, 3.63) is 0 Å². The van der Waals surface area contributed by atoms with Crippen molar-refractivity contribution in [2.75, 3.05) is 32.7 Å². The number of hydrogen-bond acceptors (Lipinski definition) is 2. The van der Waals surface area contributed by atoms with Crippen LogP contribution < -0.4 is 0 Å². The minimum Gasteiger partial charge on any atom is -0.301 e. The minimum atomic E-state index is 0.737. The summed E-state index contributed by atoms with van der Waals surface area (Å²) in [6.07, 6.45) is 4.47. The first kappa shape index (κ1) is 10.4. The van der Waals surface area contributed by atoms with Gasteiger partial charge in [-0.05, 0) is 32.7 Å². The van der Waals surface area contributed by atoms with Gasteiger partial charge in [0, 0.05) is 32.2 Å². The van der Waals surface area contributed by atoms with Crippen molar-refractivity contribution in [3.63, 3.8) is 0 Å². The van der Waals surface area contributed by atoms with Gasteiger partial charge in [-0.15, -0.1) is 0 Å². The molecule has 1 aliphatic carbocycles. The lowest BCUT2D eigenvalue weighted by Crippen LogP contribution is -2.48. The third-order valence-electron chi connectivity index (χ3n) is 3.69. The van der Waals surface area contributed by atoms with E-state index in [4.69, 9.17) is 0 Å². The molecule has 0 aromatic heterocycles. The van der Waals surface area contributed by atoms with E-state index in [1.54, 1.807) is 0 Å². The second kappa shape index (κ2) is 4.63. The average molecular weight is 196 g/mol. The van der Waals surface area contributed by atoms with E-state index in [9.17, 15) is 0 Å². The zero-order valence-electron chi connectivity index (χ0n) is 9.71. The van der Waals surface area contributed by atoms with Crippen LogP contribution in [-0.4, -0.2) is 48.6 Å². The number of piperazine rings is 1. The first-order valence-electron chi connectivity index (χ1n) is 6.22. The zero-order valence-corrected chi connectivity index (χ0v) is 9.71. The summed E-state index contributed by atoms with van der Waals surface area (Å²) in [6, 6.07) is 0.737. The molecular formula is C12H24N2. The van der Waals surface area contributed by atoms with Gasteiger partial charge in [0.25, 0.3) is 0 Å². The standard InChI is InChI=1S/C12H24N2/c1-11(2)14-9-7-13(8-10-14)6-5-12-3-4-12/h11-12H,3-10H2,1-2H3. The molecule has 1 heterocycles. The van der Waals surface area contributed by atoms with E-state index in [0.29, 0.717) is 0 Å². The summed E-state index contributed by atoms with van der Waals surface area (Å²) >= 11 is 0. The van der Waals surface area contributed by atoms with Crippen molar-refractivity contribution in [3.8, 4) is 0 Å². The fraction of sp³-hybridized carbons (Fsp3) is 1.00. The summed E-state index contributed by atoms with van der Waals surface area (Å²) in [5.74, 6) is 1.10. The Morgan fingerprint density at radius 1 is 1.07 bits per heavy atom. The maximum Gasteiger partial charge on any atom is 0.0113 e. The summed E-state index contributed by atoms with van der Waals surface area (Å²) in [6.45, 7) is 11.1. The average Bonchev–Trinajstić information content (AvgIpc) is 2.99. The van der Waals surface area contributed by atoms with E-state index in [1.807, 2.05) is 0 Å². The van der Waals surface area contributed by atoms with Crippen LogP contribution in [0.3, 0.4) is 0 Å². The normalized spacial score (nSPS) is 25.9. The van der Waals surface area contributed by atoms with Crippen molar-refractivity contribution < 1.29 is 0 Å². The molecule has 0 N–H and O–H groups in total. The lowest BCUT2D eigenvalue weighted by atomic mass is 10.2. The van der Waals surface area contributed by atoms with Crippen LogP contribution in [0.1, 0.15) is 33.1 Å². The van der Waals surface area contributed by atoms with Gasteiger partial charge >= 0.3 is 0 Å². The van der Waals surface area contributed by atoms with Crippen molar-refractivity contribution >= 4 is 0 Å². The van der Waals surface area contributed by atoms with E-state index in [-0.39, 0.29) is 0 Å². The Kier molecular flexibility index (Phi) is 3.45. The van der Waals surface area contributed by atoms with Gasteiger partial charge in [0.2, 0.25) is 0 Å². The lowest BCUT2D eigenvalue weighted by Gasteiger charge is -2.36. The molecule has 2 nitrogen and oxygen atoms in total. The van der Waals surface area contributed by atoms with E-state index < -0.39 is 0 Å². The Hall–Kier alpha value is -0.0800. The first-order valence-corrected chi connectivity index (χ1v) is 6.22. The molecule has 82 valence electrons. The summed E-state index contributed by atoms with van der Waals surface area (Å²) in [5.41, 5.74) is 0. The molecule has 0 aromatic rings. The highest BCUT2D eigenvalue weighted by molar-refractivity contribution is 4.78. The van der Waals surface area contributed by atoms with E-state index in [2.05, 4.69) is 23.6 Å². The largest absolute Gasteiger partial charge is 0.301 e. The van der Waals surface area contributed by atoms with E-state index in [0.717, 1.165) is 12.0 Å². The molecule has 2 rings (SSSR count). The molecule has 2 aliphatic rings. The van der Waals surface area contributed by atoms with Gasteiger partial charge in [-0.2, -0.15) is 0 Å². The van der Waals surface area contributed by atoms with Crippen LogP contribution >= 0.6 is 0 Å². The molecule has 0 atom stereocenters. The minimum absolute atomic E-state index is 0.737. The number of hydrogen-bond donors (Lipinski definition) is 0. The maximum atomic E-state index is 2.65. The lowest BCUT2D eigenvalue weighted by molar-refractivity contribution is 0.107. The highest BCUT2D eigenvalue weighted by atomic mass is 15.3. The van der Waals surface area contributed by atoms with Crippen molar-refractivity contribution in [2.24, 2.45) is 5.92 Å². The third kappa shape index (κ3) is 2.96. The van der Waals surface area contributed by atoms with Crippen LogP contribution in [-0.2, 0) is 0 Å². The molecule has 0 aromatic carbocycles. The van der Waals surface area contributed by atoms with Gasteiger partial charge in [0.1, 0.15) is 0 Å². The van der Waals surface area contributed by atoms with Gasteiger partial charge < -0.3 is 4.90 Å². The van der Waals surface area contributed by atoms with Crippen LogP contribution in [0, 0.1) is 5.92 Å². The van der Waals surface area contributed by atoms with Crippen LogP contribution in [0.2, 0.25) is 0 Å². The number of rotatable bonds is 4. The molecule has 1 aliphatic heterocycles. The van der Waals surface area contributed by atoms with Crippen LogP contribution in [0.5, 0.6) is 0 Å². The molecule has 14 heavy (non-hydrogen) atoms. The van der Waals surface area contributed by atoms with Gasteiger partial charge in [0.15, 0.2) is 0 Å². The second-order valence-electron chi connectivity index (χ2n) is 5.20. The van der Waals surface area contributed by atoms with Crippen molar-refractivity contribution in [1.29, 1.82) is 0 Å². The van der Waals surface area contributed by atoms with Crippen molar-refractivity contribution in [2.45, 2.75) is 39.2 Å². The molecule has 0 radical (unpaired) electrons. The highest BCUT2D eigenvalue weighted by Gasteiger charge is 2.23. The molecule has 2 heteroatoms. The Balaban J connectivity index is 1.62. The highest BCUT2D eigenvalue weighted by Crippen LogP contribution is 2.32. The molecule has 0 spiro atoms. The Bertz CT molecular complexity index is 167. The van der Waals surface area contributed by atoms with E-state index in [1.165, 1.54) is 52.0 Å².